The van der Waals surface area contributed by atoms with Gasteiger partial charge in [0.15, 0.2) is 0 Å². The maximum Gasteiger partial charge on any atom is 0.317 e. The Labute approximate surface area is 128 Å². The van der Waals surface area contributed by atoms with E-state index >= 15 is 0 Å². The van der Waals surface area contributed by atoms with Gasteiger partial charge in [-0.05, 0) is 35.7 Å². The molecule has 1 aromatic heterocycles. The van der Waals surface area contributed by atoms with Crippen LogP contribution in [-0.4, -0.2) is 65.7 Å². The van der Waals surface area contributed by atoms with Gasteiger partial charge in [-0.3, -0.25) is 9.69 Å². The topological polar surface area (TPSA) is 72.9 Å². The summed E-state index contributed by atoms with van der Waals surface area (Å²) >= 11 is 1.66. The fraction of sp³-hybridized carbons (Fsp3) is 0.571. The number of aliphatic carboxylic acids is 1. The van der Waals surface area contributed by atoms with Gasteiger partial charge in [0.05, 0.1) is 6.54 Å². The Hall–Kier alpha value is -1.60. The average Bonchev–Trinajstić information content (AvgIpc) is 2.91. The zero-order valence-electron chi connectivity index (χ0n) is 12.1. The number of hydrogen-bond acceptors (Lipinski definition) is 4. The van der Waals surface area contributed by atoms with Gasteiger partial charge >= 0.3 is 12.0 Å². The Bertz CT molecular complexity index is 470. The number of carboxylic acid groups (broad SMARTS) is 1. The Morgan fingerprint density at radius 1 is 1.38 bits per heavy atom. The number of amides is 2. The summed E-state index contributed by atoms with van der Waals surface area (Å²) in [6.45, 7) is 4.41. The summed E-state index contributed by atoms with van der Waals surface area (Å²) in [5.74, 6) is -0.822. The van der Waals surface area contributed by atoms with Crippen LogP contribution in [0.3, 0.4) is 0 Å². The molecule has 1 saturated heterocycles. The van der Waals surface area contributed by atoms with E-state index in [1.165, 1.54) is 5.56 Å². The molecule has 1 unspecified atom stereocenters. The van der Waals surface area contributed by atoms with Crippen LogP contribution in [0.4, 0.5) is 4.79 Å². The van der Waals surface area contributed by atoms with E-state index in [-0.39, 0.29) is 18.6 Å². The summed E-state index contributed by atoms with van der Waals surface area (Å²) in [6.07, 6.45) is 0.828. The van der Waals surface area contributed by atoms with Crippen LogP contribution in [0.15, 0.2) is 16.8 Å². The molecule has 2 rings (SSSR count). The van der Waals surface area contributed by atoms with Crippen LogP contribution >= 0.6 is 11.3 Å². The molecule has 116 valence electrons. The first kappa shape index (κ1) is 15.8. The molecule has 7 heteroatoms. The van der Waals surface area contributed by atoms with E-state index in [4.69, 9.17) is 5.11 Å². The normalized spacial score (nSPS) is 17.5. The van der Waals surface area contributed by atoms with Crippen LogP contribution in [0.2, 0.25) is 0 Å². The quantitative estimate of drug-likeness (QED) is 0.854. The highest BCUT2D eigenvalue weighted by Gasteiger charge is 2.23. The van der Waals surface area contributed by atoms with E-state index in [0.717, 1.165) is 6.42 Å². The van der Waals surface area contributed by atoms with E-state index in [1.54, 1.807) is 16.2 Å². The highest BCUT2D eigenvalue weighted by atomic mass is 32.1. The van der Waals surface area contributed by atoms with Gasteiger partial charge in [0, 0.05) is 32.2 Å². The van der Waals surface area contributed by atoms with Gasteiger partial charge in [0.2, 0.25) is 0 Å². The van der Waals surface area contributed by atoms with Gasteiger partial charge in [0.1, 0.15) is 0 Å². The molecule has 0 saturated carbocycles. The van der Waals surface area contributed by atoms with Crippen molar-refractivity contribution in [2.75, 3.05) is 32.7 Å². The van der Waals surface area contributed by atoms with Gasteiger partial charge in [-0.1, -0.05) is 0 Å². The fourth-order valence-electron chi connectivity index (χ4n) is 2.42. The van der Waals surface area contributed by atoms with E-state index in [9.17, 15) is 9.59 Å². The Morgan fingerprint density at radius 2 is 2.10 bits per heavy atom. The monoisotopic (exact) mass is 311 g/mol. The molecule has 0 radical (unpaired) electrons. The first-order valence-electron chi connectivity index (χ1n) is 7.05. The van der Waals surface area contributed by atoms with Crippen LogP contribution in [0.1, 0.15) is 12.5 Å². The summed E-state index contributed by atoms with van der Waals surface area (Å²) in [7, 11) is 0. The third-order valence-corrected chi connectivity index (χ3v) is 4.24. The molecule has 6 nitrogen and oxygen atoms in total. The summed E-state index contributed by atoms with van der Waals surface area (Å²) in [5, 5.41) is 15.9. The van der Waals surface area contributed by atoms with Crippen molar-refractivity contribution in [3.63, 3.8) is 0 Å². The lowest BCUT2D eigenvalue weighted by atomic mass is 10.1. The lowest BCUT2D eigenvalue weighted by molar-refractivity contribution is -0.138. The summed E-state index contributed by atoms with van der Waals surface area (Å²) < 4.78 is 0. The fourth-order valence-corrected chi connectivity index (χ4v) is 3.10. The largest absolute Gasteiger partial charge is 0.480 e. The highest BCUT2D eigenvalue weighted by Crippen LogP contribution is 2.09. The van der Waals surface area contributed by atoms with Gasteiger partial charge < -0.3 is 15.3 Å². The smallest absolute Gasteiger partial charge is 0.317 e. The number of urea groups is 1. The van der Waals surface area contributed by atoms with Gasteiger partial charge in [-0.25, -0.2) is 4.79 Å². The van der Waals surface area contributed by atoms with E-state index in [1.807, 2.05) is 17.2 Å². The molecule has 0 bridgehead atoms. The lowest BCUT2D eigenvalue weighted by Crippen LogP contribution is -2.54. The maximum absolute atomic E-state index is 12.1. The van der Waals surface area contributed by atoms with Crippen molar-refractivity contribution >= 4 is 23.3 Å². The van der Waals surface area contributed by atoms with Gasteiger partial charge in [0.25, 0.3) is 0 Å². The molecule has 2 heterocycles. The number of nitrogens with one attached hydrogen (secondary N) is 1. The Kier molecular flexibility index (Phi) is 5.58. The van der Waals surface area contributed by atoms with Crippen molar-refractivity contribution in [3.8, 4) is 0 Å². The molecule has 21 heavy (non-hydrogen) atoms. The zero-order chi connectivity index (χ0) is 15.2. The minimum Gasteiger partial charge on any atom is -0.480 e. The zero-order valence-corrected chi connectivity index (χ0v) is 12.9. The molecule has 1 fully saturated rings. The van der Waals surface area contributed by atoms with Gasteiger partial charge in [-0.15, -0.1) is 0 Å². The number of carbonyl (C=O) groups excluding carboxylic acids is 1. The maximum atomic E-state index is 12.1. The van der Waals surface area contributed by atoms with E-state index in [0.29, 0.717) is 26.2 Å². The number of rotatable bonds is 5. The van der Waals surface area contributed by atoms with Crippen LogP contribution in [-0.2, 0) is 11.2 Å². The molecule has 0 spiro atoms. The van der Waals surface area contributed by atoms with Crippen molar-refractivity contribution in [2.24, 2.45) is 0 Å². The van der Waals surface area contributed by atoms with Crippen molar-refractivity contribution in [3.05, 3.63) is 22.4 Å². The molecule has 1 aliphatic heterocycles. The average molecular weight is 311 g/mol. The first-order valence-corrected chi connectivity index (χ1v) is 7.99. The SMILES string of the molecule is CC(Cc1ccsc1)NC(=O)N1CCN(CC(=O)O)CC1. The highest BCUT2D eigenvalue weighted by molar-refractivity contribution is 7.07. The number of thiophene rings is 1. The molecule has 0 aliphatic carbocycles. The van der Waals surface area contributed by atoms with Crippen LogP contribution in [0.5, 0.6) is 0 Å². The van der Waals surface area contributed by atoms with Crippen LogP contribution in [0.25, 0.3) is 0 Å². The predicted octanol–water partition coefficient (Wildman–Crippen LogP) is 1.09. The van der Waals surface area contributed by atoms with Gasteiger partial charge in [-0.2, -0.15) is 11.3 Å². The third-order valence-electron chi connectivity index (χ3n) is 3.51. The predicted molar refractivity (Wildman–Crippen MR) is 81.7 cm³/mol. The van der Waals surface area contributed by atoms with Crippen molar-refractivity contribution in [2.45, 2.75) is 19.4 Å². The Morgan fingerprint density at radius 3 is 2.67 bits per heavy atom. The van der Waals surface area contributed by atoms with E-state index in [2.05, 4.69) is 16.8 Å². The van der Waals surface area contributed by atoms with E-state index < -0.39 is 5.97 Å². The summed E-state index contributed by atoms with van der Waals surface area (Å²) in [4.78, 5) is 26.4. The second kappa shape index (κ2) is 7.42. The molecular weight excluding hydrogens is 290 g/mol. The van der Waals surface area contributed by atoms with Crippen molar-refractivity contribution < 1.29 is 14.7 Å². The minimum atomic E-state index is -0.822. The molecule has 2 amide bonds. The standard InChI is InChI=1S/C14H21N3O3S/c1-11(8-12-2-7-21-10-12)15-14(20)17-5-3-16(4-6-17)9-13(18)19/h2,7,10-11H,3-6,8-9H2,1H3,(H,15,20)(H,18,19). The van der Waals surface area contributed by atoms with Crippen molar-refractivity contribution in [1.29, 1.82) is 0 Å². The molecule has 1 atom stereocenters. The minimum absolute atomic E-state index is 0.0457. The Balaban J connectivity index is 1.73. The van der Waals surface area contributed by atoms with Crippen LogP contribution < -0.4 is 5.32 Å². The van der Waals surface area contributed by atoms with Crippen LogP contribution in [0, 0.1) is 0 Å². The summed E-state index contributed by atoms with van der Waals surface area (Å²) in [6, 6.07) is 2.09. The molecule has 2 N–H and O–H groups in total. The molecular formula is C14H21N3O3S. The third kappa shape index (κ3) is 5.02. The number of carboxylic acids is 1. The van der Waals surface area contributed by atoms with Crippen molar-refractivity contribution in [1.82, 2.24) is 15.1 Å². The number of piperazine rings is 1. The number of nitrogens with zero attached hydrogens (tertiary/aromatic N) is 2. The first-order chi connectivity index (χ1) is 10.0. The number of carbonyl (C=O) groups is 2. The summed E-state index contributed by atoms with van der Waals surface area (Å²) in [5.41, 5.74) is 1.24. The molecule has 0 aromatic carbocycles. The molecule has 1 aliphatic rings. The second-order valence-corrected chi connectivity index (χ2v) is 6.12. The second-order valence-electron chi connectivity index (χ2n) is 5.34. The number of hydrogen-bond donors (Lipinski definition) is 2. The molecule has 1 aromatic rings. The lowest BCUT2D eigenvalue weighted by Gasteiger charge is -2.34.